The third-order valence-electron chi connectivity index (χ3n) is 6.17. The Balaban J connectivity index is 1.63. The summed E-state index contributed by atoms with van der Waals surface area (Å²) < 4.78 is 12.4. The number of esters is 1. The largest absolute Gasteiger partial charge is 0.507 e. The molecular formula is C24H31N3O5. The van der Waals surface area contributed by atoms with E-state index in [-0.39, 0.29) is 23.8 Å². The quantitative estimate of drug-likeness (QED) is 0.481. The summed E-state index contributed by atoms with van der Waals surface area (Å²) in [5, 5.41) is 18.0. The van der Waals surface area contributed by atoms with Gasteiger partial charge in [-0.1, -0.05) is 11.6 Å². The van der Waals surface area contributed by atoms with Crippen molar-refractivity contribution in [3.8, 4) is 11.5 Å². The zero-order chi connectivity index (χ0) is 23.6. The van der Waals surface area contributed by atoms with Gasteiger partial charge in [0, 0.05) is 42.4 Å². The number of fused-ring (bicyclic) bond motifs is 1. The van der Waals surface area contributed by atoms with Gasteiger partial charge in [-0.2, -0.15) is 5.10 Å². The predicted octanol–water partition coefficient (Wildman–Crippen LogP) is 3.32. The van der Waals surface area contributed by atoms with Crippen LogP contribution in [0.4, 0.5) is 0 Å². The van der Waals surface area contributed by atoms with Gasteiger partial charge in [0.1, 0.15) is 23.7 Å². The first-order chi connectivity index (χ1) is 15.1. The average Bonchev–Trinajstić information content (AvgIpc) is 3.25. The molecule has 0 atom stereocenters. The molecule has 2 N–H and O–H groups in total. The van der Waals surface area contributed by atoms with Crippen molar-refractivity contribution in [2.75, 3.05) is 7.11 Å². The predicted molar refractivity (Wildman–Crippen MR) is 120 cm³/mol. The molecule has 32 heavy (non-hydrogen) atoms. The maximum absolute atomic E-state index is 12.3. The van der Waals surface area contributed by atoms with Crippen molar-refractivity contribution >= 4 is 11.9 Å². The van der Waals surface area contributed by atoms with E-state index < -0.39 is 5.97 Å². The highest BCUT2D eigenvalue weighted by Crippen LogP contribution is 2.42. The summed E-state index contributed by atoms with van der Waals surface area (Å²) in [5.41, 5.74) is 6.26. The first-order valence-electron chi connectivity index (χ1n) is 10.6. The third kappa shape index (κ3) is 4.49. The van der Waals surface area contributed by atoms with Gasteiger partial charge in [0.15, 0.2) is 0 Å². The van der Waals surface area contributed by atoms with E-state index in [1.54, 1.807) is 7.11 Å². The number of phenolic OH excluding ortho intramolecular Hbond substituents is 1. The molecule has 0 aliphatic carbocycles. The molecule has 2 heterocycles. The van der Waals surface area contributed by atoms with E-state index in [0.29, 0.717) is 42.7 Å². The van der Waals surface area contributed by atoms with Crippen LogP contribution in [0.5, 0.6) is 11.5 Å². The molecule has 172 valence electrons. The lowest BCUT2D eigenvalue weighted by atomic mass is 9.94. The van der Waals surface area contributed by atoms with Crippen molar-refractivity contribution in [3.05, 3.63) is 50.9 Å². The first kappa shape index (κ1) is 23.4. The Hall–Kier alpha value is -3.29. The van der Waals surface area contributed by atoms with Crippen molar-refractivity contribution in [1.82, 2.24) is 15.1 Å². The fourth-order valence-electron chi connectivity index (χ4n) is 4.07. The Morgan fingerprint density at radius 1 is 1.28 bits per heavy atom. The Bertz CT molecular complexity index is 1100. The molecule has 3 rings (SSSR count). The minimum Gasteiger partial charge on any atom is -0.507 e. The smallest absolute Gasteiger partial charge is 0.342 e. The molecule has 0 fully saturated rings. The lowest BCUT2D eigenvalue weighted by Gasteiger charge is -2.15. The highest BCUT2D eigenvalue weighted by molar-refractivity contribution is 5.98. The zero-order valence-electron chi connectivity index (χ0n) is 19.6. The molecule has 1 aliphatic heterocycles. The number of aromatic nitrogens is 2. The summed E-state index contributed by atoms with van der Waals surface area (Å²) in [6, 6.07) is 0. The maximum Gasteiger partial charge on any atom is 0.342 e. The van der Waals surface area contributed by atoms with E-state index >= 15 is 0 Å². The normalized spacial score (nSPS) is 13.2. The van der Waals surface area contributed by atoms with Crippen molar-refractivity contribution in [2.45, 2.75) is 60.1 Å². The molecule has 0 unspecified atom stereocenters. The number of carbonyl (C=O) groups excluding carboxylic acids is 2. The van der Waals surface area contributed by atoms with E-state index in [1.165, 1.54) is 0 Å². The number of rotatable bonds is 8. The summed E-state index contributed by atoms with van der Waals surface area (Å²) in [4.78, 5) is 24.3. The molecule has 1 aromatic carbocycles. The number of carbonyl (C=O) groups is 2. The second-order valence-electron chi connectivity index (χ2n) is 8.22. The number of phenols is 1. The molecule has 1 amide bonds. The molecule has 2 aromatic rings. The van der Waals surface area contributed by atoms with Gasteiger partial charge in [0.25, 0.3) is 0 Å². The van der Waals surface area contributed by atoms with Crippen molar-refractivity contribution < 1.29 is 24.2 Å². The van der Waals surface area contributed by atoms with Crippen LogP contribution in [0.1, 0.15) is 63.8 Å². The summed E-state index contributed by atoms with van der Waals surface area (Å²) in [7, 11) is 3.43. The molecule has 8 nitrogen and oxygen atoms in total. The molecule has 8 heteroatoms. The number of hydrogen-bond acceptors (Lipinski definition) is 6. The summed E-state index contributed by atoms with van der Waals surface area (Å²) in [6.45, 7) is 8.33. The van der Waals surface area contributed by atoms with Crippen LogP contribution in [-0.4, -0.2) is 33.9 Å². The van der Waals surface area contributed by atoms with Crippen LogP contribution in [-0.2, 0) is 36.2 Å². The van der Waals surface area contributed by atoms with Crippen LogP contribution in [0.3, 0.4) is 0 Å². The number of benzene rings is 1. The lowest BCUT2D eigenvalue weighted by Crippen LogP contribution is -2.23. The Morgan fingerprint density at radius 3 is 2.62 bits per heavy atom. The highest BCUT2D eigenvalue weighted by Gasteiger charge is 2.31. The first-order valence-corrected chi connectivity index (χ1v) is 10.6. The van der Waals surface area contributed by atoms with Gasteiger partial charge in [-0.05, 0) is 46.1 Å². The van der Waals surface area contributed by atoms with Crippen molar-refractivity contribution in [1.29, 1.82) is 0 Å². The number of nitrogens with zero attached hydrogens (tertiary/aromatic N) is 2. The minimum atomic E-state index is -0.513. The van der Waals surface area contributed by atoms with Crippen LogP contribution in [0.15, 0.2) is 11.6 Å². The second kappa shape index (κ2) is 9.46. The van der Waals surface area contributed by atoms with Crippen LogP contribution in [0.25, 0.3) is 0 Å². The Labute approximate surface area is 188 Å². The molecule has 1 aliphatic rings. The number of ether oxygens (including phenoxy) is 2. The van der Waals surface area contributed by atoms with Crippen LogP contribution in [0, 0.1) is 20.8 Å². The number of allylic oxidation sites excluding steroid dienone is 2. The Kier molecular flexibility index (Phi) is 6.91. The molecule has 0 spiro atoms. The fourth-order valence-corrected chi connectivity index (χ4v) is 4.07. The lowest BCUT2D eigenvalue weighted by molar-refractivity contribution is -0.121. The van der Waals surface area contributed by atoms with E-state index in [2.05, 4.69) is 10.4 Å². The number of amides is 1. The van der Waals surface area contributed by atoms with Crippen molar-refractivity contribution in [2.24, 2.45) is 7.05 Å². The van der Waals surface area contributed by atoms with Gasteiger partial charge >= 0.3 is 5.97 Å². The number of cyclic esters (lactones) is 1. The van der Waals surface area contributed by atoms with Crippen LogP contribution in [0.2, 0.25) is 0 Å². The third-order valence-corrected chi connectivity index (χ3v) is 6.17. The van der Waals surface area contributed by atoms with Crippen molar-refractivity contribution in [3.63, 3.8) is 0 Å². The molecule has 0 saturated heterocycles. The Morgan fingerprint density at radius 2 is 2.00 bits per heavy atom. The standard InChI is InChI=1S/C24H31N3O5/c1-13(8-10-20(28)25-11-18-15(3)26-27(5)16(18)4)7-9-17-22(29)21-19(12-32-24(21)30)14(2)23(17)31-6/h7,29H,8-12H2,1-6H3,(H,25,28)/b13-7+. The van der Waals surface area contributed by atoms with Gasteiger partial charge in [0.05, 0.1) is 12.8 Å². The summed E-state index contributed by atoms with van der Waals surface area (Å²) >= 11 is 0. The van der Waals surface area contributed by atoms with Crippen LogP contribution >= 0.6 is 0 Å². The summed E-state index contributed by atoms with van der Waals surface area (Å²) in [6.07, 6.45) is 3.29. The van der Waals surface area contributed by atoms with Crippen LogP contribution < -0.4 is 10.1 Å². The number of hydrogen-bond donors (Lipinski definition) is 2. The molecular weight excluding hydrogens is 410 g/mol. The monoisotopic (exact) mass is 441 g/mol. The SMILES string of the molecule is COc1c(C)c2c(c(O)c1C/C=C(\C)CCC(=O)NCc1c(C)nn(C)c1C)C(=O)OC2. The van der Waals surface area contributed by atoms with Gasteiger partial charge in [-0.25, -0.2) is 4.79 Å². The number of aryl methyl sites for hydroxylation is 2. The number of aromatic hydroxyl groups is 1. The van der Waals surface area contributed by atoms with Gasteiger partial charge in [-0.3, -0.25) is 9.48 Å². The summed E-state index contributed by atoms with van der Waals surface area (Å²) in [5.74, 6) is -0.0737. The van der Waals surface area contributed by atoms with Gasteiger partial charge in [-0.15, -0.1) is 0 Å². The number of methoxy groups -OCH3 is 1. The molecule has 0 bridgehead atoms. The zero-order valence-corrected chi connectivity index (χ0v) is 19.6. The molecule has 0 radical (unpaired) electrons. The fraction of sp³-hybridized carbons (Fsp3) is 0.458. The van der Waals surface area contributed by atoms with E-state index in [4.69, 9.17) is 9.47 Å². The van der Waals surface area contributed by atoms with Gasteiger partial charge in [0.2, 0.25) is 5.91 Å². The average molecular weight is 442 g/mol. The van der Waals surface area contributed by atoms with E-state index in [9.17, 15) is 14.7 Å². The molecule has 1 aromatic heterocycles. The van der Waals surface area contributed by atoms with Gasteiger partial charge < -0.3 is 19.9 Å². The maximum atomic E-state index is 12.3. The topological polar surface area (TPSA) is 103 Å². The number of nitrogens with one attached hydrogen (secondary N) is 1. The second-order valence-corrected chi connectivity index (χ2v) is 8.22. The van der Waals surface area contributed by atoms with E-state index in [1.807, 2.05) is 45.5 Å². The molecule has 0 saturated carbocycles. The highest BCUT2D eigenvalue weighted by atomic mass is 16.5. The van der Waals surface area contributed by atoms with E-state index in [0.717, 1.165) is 28.1 Å². The minimum absolute atomic E-state index is 0.0306.